The second-order valence-corrected chi connectivity index (χ2v) is 4.19. The van der Waals surface area contributed by atoms with Crippen molar-refractivity contribution in [2.75, 3.05) is 6.61 Å². The van der Waals surface area contributed by atoms with Crippen LogP contribution in [-0.2, 0) is 4.74 Å². The molecular formula is C10H14N2O6. The number of aromatic amines is 1. The molecule has 18 heavy (non-hydrogen) atoms. The van der Waals surface area contributed by atoms with Crippen LogP contribution in [0.25, 0.3) is 0 Å². The molecule has 1 saturated heterocycles. The van der Waals surface area contributed by atoms with Crippen molar-refractivity contribution >= 4 is 0 Å². The van der Waals surface area contributed by atoms with Crippen molar-refractivity contribution in [1.82, 2.24) is 9.55 Å². The number of hydrogen-bond donors (Lipinski definition) is 4. The molecule has 1 aromatic heterocycles. The van der Waals surface area contributed by atoms with Gasteiger partial charge in [0.05, 0.1) is 6.61 Å². The van der Waals surface area contributed by atoms with Gasteiger partial charge in [0.2, 0.25) is 0 Å². The maximum absolute atomic E-state index is 11.7. The third kappa shape index (κ3) is 1.99. The first-order valence-corrected chi connectivity index (χ1v) is 5.40. The number of nitrogens with one attached hydrogen (secondary N) is 1. The predicted molar refractivity (Wildman–Crippen MR) is 59.1 cm³/mol. The van der Waals surface area contributed by atoms with Gasteiger partial charge < -0.3 is 25.0 Å². The molecule has 8 nitrogen and oxygen atoms in total. The third-order valence-electron chi connectivity index (χ3n) is 2.87. The fourth-order valence-electron chi connectivity index (χ4n) is 1.95. The Morgan fingerprint density at radius 2 is 2.06 bits per heavy atom. The van der Waals surface area contributed by atoms with E-state index in [0.29, 0.717) is 10.3 Å². The van der Waals surface area contributed by atoms with E-state index in [1.54, 1.807) is 6.92 Å². The van der Waals surface area contributed by atoms with E-state index in [2.05, 4.69) is 4.98 Å². The van der Waals surface area contributed by atoms with E-state index in [9.17, 15) is 19.8 Å². The van der Waals surface area contributed by atoms with Crippen LogP contribution in [0, 0.1) is 6.92 Å². The zero-order valence-corrected chi connectivity index (χ0v) is 9.61. The highest BCUT2D eigenvalue weighted by atomic mass is 16.6. The highest BCUT2D eigenvalue weighted by Gasteiger charge is 2.44. The molecule has 2 rings (SSSR count). The molecule has 2 heterocycles. The van der Waals surface area contributed by atoms with Crippen LogP contribution in [0.1, 0.15) is 11.9 Å². The summed E-state index contributed by atoms with van der Waals surface area (Å²) < 4.78 is 5.79. The number of aryl methyl sites for hydroxylation is 1. The van der Waals surface area contributed by atoms with Crippen molar-refractivity contribution in [3.63, 3.8) is 0 Å². The van der Waals surface area contributed by atoms with Crippen molar-refractivity contribution in [2.45, 2.75) is 31.5 Å². The molecule has 0 aliphatic carbocycles. The Morgan fingerprint density at radius 1 is 1.39 bits per heavy atom. The minimum Gasteiger partial charge on any atom is -0.394 e. The van der Waals surface area contributed by atoms with Crippen molar-refractivity contribution in [3.8, 4) is 0 Å². The summed E-state index contributed by atoms with van der Waals surface area (Å²) in [6, 6.07) is 1.18. The Balaban J connectivity index is 2.45. The number of aliphatic hydroxyl groups is 3. The summed E-state index contributed by atoms with van der Waals surface area (Å²) in [5, 5.41) is 28.2. The van der Waals surface area contributed by atoms with Crippen molar-refractivity contribution in [2.24, 2.45) is 0 Å². The summed E-state index contributed by atoms with van der Waals surface area (Å²) in [5.74, 6) is 0. The number of H-pyrrole nitrogens is 1. The highest BCUT2D eigenvalue weighted by molar-refractivity contribution is 4.99. The van der Waals surface area contributed by atoms with Gasteiger partial charge in [0.15, 0.2) is 6.23 Å². The van der Waals surface area contributed by atoms with Crippen LogP contribution in [0.4, 0.5) is 0 Å². The smallest absolute Gasteiger partial charge is 0.330 e. The SMILES string of the molecule is Cc1cc(=O)n([C@H]2O[C@H](CO)[C@@H](O)[C@H]2O)c(=O)[nH]1. The van der Waals surface area contributed by atoms with Gasteiger partial charge in [-0.1, -0.05) is 0 Å². The van der Waals surface area contributed by atoms with Crippen LogP contribution in [0.2, 0.25) is 0 Å². The fourth-order valence-corrected chi connectivity index (χ4v) is 1.95. The number of hydrogen-bond acceptors (Lipinski definition) is 6. The molecular weight excluding hydrogens is 244 g/mol. The van der Waals surface area contributed by atoms with E-state index >= 15 is 0 Å². The first kappa shape index (κ1) is 13.0. The first-order valence-electron chi connectivity index (χ1n) is 5.40. The van der Waals surface area contributed by atoms with Gasteiger partial charge >= 0.3 is 5.69 Å². The predicted octanol–water partition coefficient (Wildman–Crippen LogP) is -2.54. The summed E-state index contributed by atoms with van der Waals surface area (Å²) >= 11 is 0. The lowest BCUT2D eigenvalue weighted by Gasteiger charge is -2.16. The Hall–Kier alpha value is -1.48. The van der Waals surface area contributed by atoms with Gasteiger partial charge in [0.1, 0.15) is 18.3 Å². The lowest BCUT2D eigenvalue weighted by Crippen LogP contribution is -2.42. The molecule has 0 aromatic carbocycles. The van der Waals surface area contributed by atoms with E-state index in [4.69, 9.17) is 9.84 Å². The van der Waals surface area contributed by atoms with E-state index in [0.717, 1.165) is 0 Å². The maximum Gasteiger partial charge on any atom is 0.330 e. The third-order valence-corrected chi connectivity index (χ3v) is 2.87. The van der Waals surface area contributed by atoms with Crippen LogP contribution in [0.15, 0.2) is 15.7 Å². The van der Waals surface area contributed by atoms with E-state index in [1.807, 2.05) is 0 Å². The normalized spacial score (nSPS) is 31.8. The molecule has 1 aliphatic rings. The van der Waals surface area contributed by atoms with Crippen LogP contribution in [0.5, 0.6) is 0 Å². The molecule has 0 radical (unpaired) electrons. The quantitative estimate of drug-likeness (QED) is 0.463. The monoisotopic (exact) mass is 258 g/mol. The summed E-state index contributed by atoms with van der Waals surface area (Å²) in [6.45, 7) is 1.03. The van der Waals surface area contributed by atoms with Gasteiger partial charge in [-0.05, 0) is 6.92 Å². The van der Waals surface area contributed by atoms with Crippen molar-refractivity contribution < 1.29 is 20.1 Å². The molecule has 8 heteroatoms. The molecule has 0 bridgehead atoms. The molecule has 1 fully saturated rings. The molecule has 1 aromatic rings. The van der Waals surface area contributed by atoms with Gasteiger partial charge in [0, 0.05) is 11.8 Å². The van der Waals surface area contributed by atoms with E-state index in [1.165, 1.54) is 6.07 Å². The first-order chi connectivity index (χ1) is 8.45. The number of aromatic nitrogens is 2. The molecule has 0 spiro atoms. The zero-order valence-electron chi connectivity index (χ0n) is 9.61. The summed E-state index contributed by atoms with van der Waals surface area (Å²) in [4.78, 5) is 25.8. The zero-order chi connectivity index (χ0) is 13.4. The van der Waals surface area contributed by atoms with Crippen molar-refractivity contribution in [1.29, 1.82) is 0 Å². The second kappa shape index (κ2) is 4.65. The highest BCUT2D eigenvalue weighted by Crippen LogP contribution is 2.27. The van der Waals surface area contributed by atoms with Gasteiger partial charge in [-0.25, -0.2) is 9.36 Å². The van der Waals surface area contributed by atoms with E-state index < -0.39 is 42.4 Å². The fraction of sp³-hybridized carbons (Fsp3) is 0.600. The van der Waals surface area contributed by atoms with Crippen LogP contribution in [-0.4, -0.2) is 49.8 Å². The summed E-state index contributed by atoms with van der Waals surface area (Å²) in [6.07, 6.45) is -5.15. The Kier molecular flexibility index (Phi) is 3.35. The van der Waals surface area contributed by atoms with Gasteiger partial charge in [-0.15, -0.1) is 0 Å². The van der Waals surface area contributed by atoms with Gasteiger partial charge in [-0.3, -0.25) is 4.79 Å². The van der Waals surface area contributed by atoms with Crippen LogP contribution in [0.3, 0.4) is 0 Å². The molecule has 1 aliphatic heterocycles. The molecule has 100 valence electrons. The standard InChI is InChI=1S/C10H14N2O6/c1-4-2-6(14)12(10(17)11-4)9-8(16)7(15)5(3-13)18-9/h2,5,7-9,13,15-16H,3H2,1H3,(H,11,17)/t5-,7-,8-,9+/m1/s1. The number of rotatable bonds is 2. The lowest BCUT2D eigenvalue weighted by atomic mass is 10.1. The average molecular weight is 258 g/mol. The Labute approximate surface area is 101 Å². The topological polar surface area (TPSA) is 125 Å². The Morgan fingerprint density at radius 3 is 2.56 bits per heavy atom. The van der Waals surface area contributed by atoms with Gasteiger partial charge in [0.25, 0.3) is 5.56 Å². The number of aliphatic hydroxyl groups excluding tert-OH is 3. The average Bonchev–Trinajstić information content (AvgIpc) is 2.56. The number of nitrogens with zero attached hydrogens (tertiary/aromatic N) is 1. The van der Waals surface area contributed by atoms with Crippen molar-refractivity contribution in [3.05, 3.63) is 32.6 Å². The van der Waals surface area contributed by atoms with Gasteiger partial charge in [-0.2, -0.15) is 0 Å². The maximum atomic E-state index is 11.7. The second-order valence-electron chi connectivity index (χ2n) is 4.19. The summed E-state index contributed by atoms with van der Waals surface area (Å²) in [7, 11) is 0. The van der Waals surface area contributed by atoms with Crippen LogP contribution < -0.4 is 11.2 Å². The molecule has 0 unspecified atom stereocenters. The number of ether oxygens (including phenoxy) is 1. The molecule has 4 N–H and O–H groups in total. The largest absolute Gasteiger partial charge is 0.394 e. The van der Waals surface area contributed by atoms with Crippen LogP contribution >= 0.6 is 0 Å². The minimum absolute atomic E-state index is 0.382. The lowest BCUT2D eigenvalue weighted by molar-refractivity contribution is -0.0565. The molecule has 4 atom stereocenters. The van der Waals surface area contributed by atoms with E-state index in [-0.39, 0.29) is 0 Å². The molecule has 0 saturated carbocycles. The minimum atomic E-state index is -1.45. The summed E-state index contributed by atoms with van der Waals surface area (Å²) in [5.41, 5.74) is -1.01. The molecule has 0 amide bonds. The Bertz CT molecular complexity index is 519.